The maximum Gasteiger partial charge on any atom is 0.339 e. The molecule has 1 aromatic rings. The van der Waals surface area contributed by atoms with E-state index < -0.39 is 16.0 Å². The molecule has 0 bridgehead atoms. The normalized spacial score (nSPS) is 11.1. The smallest absolute Gasteiger partial charge is 0.339 e. The first-order valence-corrected chi connectivity index (χ1v) is 7.31. The molecular formula is C11H14ClNO4S. The molecule has 0 aliphatic heterocycles. The molecule has 0 aliphatic carbocycles. The molecule has 0 amide bonds. The summed E-state index contributed by atoms with van der Waals surface area (Å²) in [6.45, 7) is 1.76. The molecule has 1 rings (SSSR count). The number of rotatable bonds is 5. The standard InChI is InChI=1S/C11H14ClNO4S/c1-3-6-18(15,16)13-8-4-5-10(12)9(7-8)11(14)17-2/h4-5,7,13H,3,6H2,1-2H3. The van der Waals surface area contributed by atoms with E-state index in [1.54, 1.807) is 6.92 Å². The van der Waals surface area contributed by atoms with Crippen molar-refractivity contribution >= 4 is 33.3 Å². The average molecular weight is 292 g/mol. The zero-order valence-electron chi connectivity index (χ0n) is 10.1. The zero-order valence-corrected chi connectivity index (χ0v) is 11.6. The van der Waals surface area contributed by atoms with Crippen LogP contribution in [0, 0.1) is 0 Å². The summed E-state index contributed by atoms with van der Waals surface area (Å²) in [4.78, 5) is 11.4. The van der Waals surface area contributed by atoms with Crippen molar-refractivity contribution in [2.24, 2.45) is 0 Å². The first-order valence-electron chi connectivity index (χ1n) is 5.28. The summed E-state index contributed by atoms with van der Waals surface area (Å²) < 4.78 is 30.1. The third kappa shape index (κ3) is 3.89. The van der Waals surface area contributed by atoms with Gasteiger partial charge < -0.3 is 4.74 Å². The van der Waals surface area contributed by atoms with Gasteiger partial charge in [0.25, 0.3) is 0 Å². The van der Waals surface area contributed by atoms with Crippen LogP contribution in [0.25, 0.3) is 0 Å². The van der Waals surface area contributed by atoms with Gasteiger partial charge >= 0.3 is 5.97 Å². The number of hydrogen-bond donors (Lipinski definition) is 1. The fourth-order valence-electron chi connectivity index (χ4n) is 1.35. The predicted octanol–water partition coefficient (Wildman–Crippen LogP) is 2.28. The van der Waals surface area contributed by atoms with Crippen molar-refractivity contribution in [1.29, 1.82) is 0 Å². The van der Waals surface area contributed by atoms with Crippen LogP contribution < -0.4 is 4.72 Å². The van der Waals surface area contributed by atoms with Gasteiger partial charge in [-0.1, -0.05) is 18.5 Å². The lowest BCUT2D eigenvalue weighted by Gasteiger charge is -2.09. The Morgan fingerprint density at radius 3 is 2.67 bits per heavy atom. The molecule has 18 heavy (non-hydrogen) atoms. The van der Waals surface area contributed by atoms with Crippen LogP contribution in [0.2, 0.25) is 5.02 Å². The monoisotopic (exact) mass is 291 g/mol. The number of anilines is 1. The van der Waals surface area contributed by atoms with Gasteiger partial charge in [-0.05, 0) is 24.6 Å². The third-order valence-electron chi connectivity index (χ3n) is 2.12. The lowest BCUT2D eigenvalue weighted by molar-refractivity contribution is 0.0601. The van der Waals surface area contributed by atoms with Gasteiger partial charge in [0.15, 0.2) is 0 Å². The minimum atomic E-state index is -3.39. The van der Waals surface area contributed by atoms with Crippen molar-refractivity contribution in [3.63, 3.8) is 0 Å². The first-order chi connectivity index (χ1) is 8.39. The number of carbonyl (C=O) groups excluding carboxylic acids is 1. The second-order valence-corrected chi connectivity index (χ2v) is 5.86. The molecule has 0 atom stereocenters. The van der Waals surface area contributed by atoms with Crippen molar-refractivity contribution in [2.45, 2.75) is 13.3 Å². The lowest BCUT2D eigenvalue weighted by atomic mass is 10.2. The third-order valence-corrected chi connectivity index (χ3v) is 3.94. The zero-order chi connectivity index (χ0) is 13.8. The molecule has 7 heteroatoms. The van der Waals surface area contributed by atoms with E-state index >= 15 is 0 Å². The molecule has 0 aliphatic rings. The molecule has 0 fully saturated rings. The van der Waals surface area contributed by atoms with Gasteiger partial charge in [-0.3, -0.25) is 4.72 Å². The van der Waals surface area contributed by atoms with Crippen molar-refractivity contribution in [3.8, 4) is 0 Å². The minimum absolute atomic E-state index is 0.0170. The van der Waals surface area contributed by atoms with E-state index in [1.165, 1.54) is 25.3 Å². The quantitative estimate of drug-likeness (QED) is 0.845. The Kier molecular flexibility index (Phi) is 4.98. The number of ether oxygens (including phenoxy) is 1. The van der Waals surface area contributed by atoms with Crippen LogP contribution in [0.1, 0.15) is 23.7 Å². The first kappa shape index (κ1) is 14.8. The van der Waals surface area contributed by atoms with Crippen LogP contribution in [-0.4, -0.2) is 27.2 Å². The SMILES string of the molecule is CCCS(=O)(=O)Nc1ccc(Cl)c(C(=O)OC)c1. The fraction of sp³-hybridized carbons (Fsp3) is 0.364. The molecule has 1 N–H and O–H groups in total. The van der Waals surface area contributed by atoms with Crippen molar-refractivity contribution in [2.75, 3.05) is 17.6 Å². The predicted molar refractivity (Wildman–Crippen MR) is 70.5 cm³/mol. The van der Waals surface area contributed by atoms with Gasteiger partial charge in [-0.15, -0.1) is 0 Å². The Bertz CT molecular complexity index is 542. The second kappa shape index (κ2) is 6.06. The highest BCUT2D eigenvalue weighted by Crippen LogP contribution is 2.22. The summed E-state index contributed by atoms with van der Waals surface area (Å²) in [6.07, 6.45) is 0.507. The van der Waals surface area contributed by atoms with Gasteiger partial charge in [-0.25, -0.2) is 13.2 Å². The van der Waals surface area contributed by atoms with Crippen LogP contribution in [0.3, 0.4) is 0 Å². The van der Waals surface area contributed by atoms with Crippen LogP contribution in [0.4, 0.5) is 5.69 Å². The molecule has 1 aromatic carbocycles. The molecule has 100 valence electrons. The van der Waals surface area contributed by atoms with Crippen LogP contribution in [0.5, 0.6) is 0 Å². The summed E-state index contributed by atoms with van der Waals surface area (Å²) in [7, 11) is -2.16. The Labute approximate surface area is 111 Å². The summed E-state index contributed by atoms with van der Waals surface area (Å²) >= 11 is 5.82. The summed E-state index contributed by atoms with van der Waals surface area (Å²) in [6, 6.07) is 4.28. The number of methoxy groups -OCH3 is 1. The highest BCUT2D eigenvalue weighted by molar-refractivity contribution is 7.92. The van der Waals surface area contributed by atoms with Crippen molar-refractivity contribution < 1.29 is 17.9 Å². The number of benzene rings is 1. The van der Waals surface area contributed by atoms with Crippen LogP contribution >= 0.6 is 11.6 Å². The van der Waals surface area contributed by atoms with E-state index in [9.17, 15) is 13.2 Å². The minimum Gasteiger partial charge on any atom is -0.465 e. The molecule has 0 unspecified atom stereocenters. The van der Waals surface area contributed by atoms with Gasteiger partial charge in [0.05, 0.1) is 23.4 Å². The van der Waals surface area contributed by atoms with E-state index in [0.717, 1.165) is 0 Å². The largest absolute Gasteiger partial charge is 0.465 e. The average Bonchev–Trinajstić information content (AvgIpc) is 2.30. The van der Waals surface area contributed by atoms with E-state index in [0.29, 0.717) is 6.42 Å². The molecular weight excluding hydrogens is 278 g/mol. The number of halogens is 1. The summed E-state index contributed by atoms with van der Waals surface area (Å²) in [5.74, 6) is -0.597. The second-order valence-electron chi connectivity index (χ2n) is 3.61. The number of carbonyl (C=O) groups is 1. The van der Waals surface area contributed by atoms with Crippen molar-refractivity contribution in [3.05, 3.63) is 28.8 Å². The van der Waals surface area contributed by atoms with Crippen LogP contribution in [0.15, 0.2) is 18.2 Å². The maximum atomic E-state index is 11.6. The van der Waals surface area contributed by atoms with Gasteiger partial charge in [-0.2, -0.15) is 0 Å². The molecule has 5 nitrogen and oxygen atoms in total. The van der Waals surface area contributed by atoms with E-state index in [4.69, 9.17) is 11.6 Å². The Hall–Kier alpha value is -1.27. The van der Waals surface area contributed by atoms with Crippen molar-refractivity contribution in [1.82, 2.24) is 0 Å². The fourth-order valence-corrected chi connectivity index (χ4v) is 2.67. The van der Waals surface area contributed by atoms with E-state index in [1.807, 2.05) is 0 Å². The highest BCUT2D eigenvalue weighted by Gasteiger charge is 2.14. The summed E-state index contributed by atoms with van der Waals surface area (Å²) in [5, 5.41) is 0.209. The lowest BCUT2D eigenvalue weighted by Crippen LogP contribution is -2.16. The Morgan fingerprint density at radius 2 is 2.11 bits per heavy atom. The molecule has 0 saturated heterocycles. The van der Waals surface area contributed by atoms with Gasteiger partial charge in [0.1, 0.15) is 0 Å². The topological polar surface area (TPSA) is 72.5 Å². The molecule has 0 saturated carbocycles. The molecule has 0 spiro atoms. The Morgan fingerprint density at radius 1 is 1.44 bits per heavy atom. The number of hydrogen-bond acceptors (Lipinski definition) is 4. The van der Waals surface area contributed by atoms with E-state index in [2.05, 4.69) is 9.46 Å². The Balaban J connectivity index is 3.03. The van der Waals surface area contributed by atoms with Gasteiger partial charge in [0.2, 0.25) is 10.0 Å². The number of nitrogens with one attached hydrogen (secondary N) is 1. The van der Waals surface area contributed by atoms with Gasteiger partial charge in [0, 0.05) is 5.69 Å². The number of sulfonamides is 1. The number of esters is 1. The summed E-state index contributed by atoms with van der Waals surface area (Å²) in [5.41, 5.74) is 0.407. The molecule has 0 radical (unpaired) electrons. The molecule has 0 heterocycles. The van der Waals surface area contributed by atoms with E-state index in [-0.39, 0.29) is 22.0 Å². The van der Waals surface area contributed by atoms with Crippen LogP contribution in [-0.2, 0) is 14.8 Å². The maximum absolute atomic E-state index is 11.6. The highest BCUT2D eigenvalue weighted by atomic mass is 35.5. The molecule has 0 aromatic heterocycles.